The molecule has 0 saturated carbocycles. The summed E-state index contributed by atoms with van der Waals surface area (Å²) < 4.78 is 0. The number of hydrogen-bond acceptors (Lipinski definition) is 2. The van der Waals surface area contributed by atoms with E-state index in [1.165, 1.54) is 11.1 Å². The number of hydrogen-bond donors (Lipinski definition) is 1. The van der Waals surface area contributed by atoms with Crippen molar-refractivity contribution in [3.63, 3.8) is 0 Å². The van der Waals surface area contributed by atoms with E-state index < -0.39 is 0 Å². The van der Waals surface area contributed by atoms with Crippen LogP contribution in [0.5, 0.6) is 0 Å². The topological polar surface area (TPSA) is 32.3 Å². The molecule has 1 aromatic carbocycles. The van der Waals surface area contributed by atoms with E-state index in [1.54, 1.807) is 0 Å². The molecule has 1 fully saturated rings. The zero-order valence-corrected chi connectivity index (χ0v) is 11.8. The zero-order chi connectivity index (χ0) is 13.5. The van der Waals surface area contributed by atoms with Gasteiger partial charge in [0, 0.05) is 18.6 Å². The number of nitrogens with zero attached hydrogens (tertiary/aromatic N) is 1. The number of nitrogens with one attached hydrogen (secondary N) is 1. The largest absolute Gasteiger partial charge is 0.342 e. The van der Waals surface area contributed by atoms with Gasteiger partial charge >= 0.3 is 0 Å². The summed E-state index contributed by atoms with van der Waals surface area (Å²) in [6.07, 6.45) is 3.02. The lowest BCUT2D eigenvalue weighted by Crippen LogP contribution is -2.52. The van der Waals surface area contributed by atoms with Gasteiger partial charge in [-0.25, -0.2) is 0 Å². The lowest BCUT2D eigenvalue weighted by Gasteiger charge is -2.42. The van der Waals surface area contributed by atoms with Gasteiger partial charge in [-0.1, -0.05) is 24.3 Å². The van der Waals surface area contributed by atoms with Crippen LogP contribution in [0.3, 0.4) is 0 Å². The third-order valence-electron chi connectivity index (χ3n) is 4.93. The summed E-state index contributed by atoms with van der Waals surface area (Å²) >= 11 is 0. The zero-order valence-electron chi connectivity index (χ0n) is 11.8. The monoisotopic (exact) mass is 258 g/mol. The third kappa shape index (κ3) is 2.16. The van der Waals surface area contributed by atoms with Gasteiger partial charge in [-0.15, -0.1) is 0 Å². The van der Waals surface area contributed by atoms with Gasteiger partial charge in [0.2, 0.25) is 5.91 Å². The molecule has 2 aliphatic rings. The number of fused-ring (bicyclic) bond motifs is 1. The molecule has 1 atom stereocenters. The summed E-state index contributed by atoms with van der Waals surface area (Å²) in [6.45, 7) is 4.01. The van der Waals surface area contributed by atoms with E-state index in [9.17, 15) is 4.79 Å². The number of rotatable bonds is 2. The Labute approximate surface area is 115 Å². The van der Waals surface area contributed by atoms with Gasteiger partial charge in [-0.3, -0.25) is 4.79 Å². The van der Waals surface area contributed by atoms with Crippen molar-refractivity contribution in [3.05, 3.63) is 35.4 Å². The van der Waals surface area contributed by atoms with Gasteiger partial charge in [0.05, 0.1) is 5.92 Å². The number of benzene rings is 1. The minimum absolute atomic E-state index is 0.121. The molecular weight excluding hydrogens is 236 g/mol. The molecule has 1 heterocycles. The van der Waals surface area contributed by atoms with Crippen LogP contribution >= 0.6 is 0 Å². The quantitative estimate of drug-likeness (QED) is 0.879. The second-order valence-electron chi connectivity index (χ2n) is 6.09. The molecule has 3 heteroatoms. The van der Waals surface area contributed by atoms with Crippen molar-refractivity contribution >= 4 is 5.91 Å². The van der Waals surface area contributed by atoms with Crippen LogP contribution in [0.15, 0.2) is 24.3 Å². The number of likely N-dealkylation sites (tertiary alicyclic amines) is 1. The summed E-state index contributed by atoms with van der Waals surface area (Å²) in [6, 6.07) is 8.32. The van der Waals surface area contributed by atoms with Crippen molar-refractivity contribution in [1.29, 1.82) is 0 Å². The highest BCUT2D eigenvalue weighted by Gasteiger charge is 2.37. The Morgan fingerprint density at radius 2 is 2.00 bits per heavy atom. The fourth-order valence-corrected chi connectivity index (χ4v) is 3.17. The van der Waals surface area contributed by atoms with Gasteiger partial charge in [0.15, 0.2) is 0 Å². The maximum atomic E-state index is 12.5. The summed E-state index contributed by atoms with van der Waals surface area (Å²) in [5.41, 5.74) is 2.79. The molecule has 102 valence electrons. The van der Waals surface area contributed by atoms with Crippen molar-refractivity contribution in [2.75, 3.05) is 20.1 Å². The highest BCUT2D eigenvalue weighted by molar-refractivity contribution is 5.87. The molecule has 1 amide bonds. The fourth-order valence-electron chi connectivity index (χ4n) is 3.17. The predicted molar refractivity (Wildman–Crippen MR) is 76.2 cm³/mol. The Morgan fingerprint density at radius 3 is 2.63 bits per heavy atom. The Kier molecular flexibility index (Phi) is 3.09. The van der Waals surface area contributed by atoms with Gasteiger partial charge in [0.1, 0.15) is 0 Å². The number of piperidine rings is 1. The first kappa shape index (κ1) is 12.7. The van der Waals surface area contributed by atoms with E-state index in [0.717, 1.165) is 32.4 Å². The first-order chi connectivity index (χ1) is 9.13. The molecule has 3 nitrogen and oxygen atoms in total. The van der Waals surface area contributed by atoms with Crippen molar-refractivity contribution in [2.45, 2.75) is 37.6 Å². The smallest absolute Gasteiger partial charge is 0.230 e. The second kappa shape index (κ2) is 4.64. The molecular formula is C16H22N2O. The highest BCUT2D eigenvalue weighted by Crippen LogP contribution is 2.37. The van der Waals surface area contributed by atoms with Crippen molar-refractivity contribution in [1.82, 2.24) is 10.2 Å². The average Bonchev–Trinajstić information content (AvgIpc) is 2.41. The van der Waals surface area contributed by atoms with E-state index in [4.69, 9.17) is 0 Å². The maximum Gasteiger partial charge on any atom is 0.230 e. The SMILES string of the molecule is CNC1(C)CCN(C(=O)C2Cc3ccccc32)CC1. The molecule has 0 aromatic heterocycles. The molecule has 1 aromatic rings. The van der Waals surface area contributed by atoms with Crippen LogP contribution in [0.1, 0.15) is 36.8 Å². The van der Waals surface area contributed by atoms with Gasteiger partial charge in [0.25, 0.3) is 0 Å². The first-order valence-corrected chi connectivity index (χ1v) is 7.18. The Morgan fingerprint density at radius 1 is 1.32 bits per heavy atom. The van der Waals surface area contributed by atoms with Crippen molar-refractivity contribution in [2.24, 2.45) is 0 Å². The van der Waals surface area contributed by atoms with Crippen LogP contribution in [0.4, 0.5) is 0 Å². The van der Waals surface area contributed by atoms with E-state index in [0.29, 0.717) is 5.91 Å². The van der Waals surface area contributed by atoms with E-state index >= 15 is 0 Å². The number of carbonyl (C=O) groups is 1. The van der Waals surface area contributed by atoms with Gasteiger partial charge < -0.3 is 10.2 Å². The van der Waals surface area contributed by atoms with Gasteiger partial charge in [-0.2, -0.15) is 0 Å². The Balaban J connectivity index is 1.65. The summed E-state index contributed by atoms with van der Waals surface area (Å²) in [7, 11) is 2.01. The molecule has 1 unspecified atom stereocenters. The second-order valence-corrected chi connectivity index (χ2v) is 6.09. The third-order valence-corrected chi connectivity index (χ3v) is 4.93. The van der Waals surface area contributed by atoms with E-state index in [-0.39, 0.29) is 11.5 Å². The minimum Gasteiger partial charge on any atom is -0.342 e. The van der Waals surface area contributed by atoms with Crippen LogP contribution in [0.2, 0.25) is 0 Å². The number of amides is 1. The van der Waals surface area contributed by atoms with E-state index in [2.05, 4.69) is 35.3 Å². The lowest BCUT2D eigenvalue weighted by atomic mass is 9.76. The van der Waals surface area contributed by atoms with Crippen LogP contribution in [-0.4, -0.2) is 36.5 Å². The lowest BCUT2D eigenvalue weighted by molar-refractivity contribution is -0.135. The normalized spacial score (nSPS) is 24.5. The van der Waals surface area contributed by atoms with Crippen LogP contribution in [0, 0.1) is 0 Å². The molecule has 1 aliphatic carbocycles. The van der Waals surface area contributed by atoms with Crippen molar-refractivity contribution in [3.8, 4) is 0 Å². The van der Waals surface area contributed by atoms with Crippen LogP contribution in [0.25, 0.3) is 0 Å². The first-order valence-electron chi connectivity index (χ1n) is 7.18. The molecule has 0 radical (unpaired) electrons. The summed E-state index contributed by atoms with van der Waals surface area (Å²) in [4.78, 5) is 14.6. The fraction of sp³-hybridized carbons (Fsp3) is 0.562. The Hall–Kier alpha value is -1.35. The molecule has 1 saturated heterocycles. The minimum atomic E-state index is 0.121. The highest BCUT2D eigenvalue weighted by atomic mass is 16.2. The van der Waals surface area contributed by atoms with Gasteiger partial charge in [-0.05, 0) is 44.4 Å². The number of carbonyl (C=O) groups excluding carboxylic acids is 1. The van der Waals surface area contributed by atoms with Crippen LogP contribution < -0.4 is 5.32 Å². The predicted octanol–water partition coefficient (Wildman–Crippen LogP) is 1.93. The maximum absolute atomic E-state index is 12.5. The molecule has 0 spiro atoms. The summed E-state index contributed by atoms with van der Waals surface area (Å²) in [5.74, 6) is 0.451. The van der Waals surface area contributed by atoms with Crippen LogP contribution in [-0.2, 0) is 11.2 Å². The molecule has 1 N–H and O–H groups in total. The standard InChI is InChI=1S/C16H22N2O/c1-16(17-2)7-9-18(10-8-16)15(19)14-11-12-5-3-4-6-13(12)14/h3-6,14,17H,7-11H2,1-2H3. The Bertz CT molecular complexity index is 489. The molecule has 1 aliphatic heterocycles. The molecule has 3 rings (SSSR count). The van der Waals surface area contributed by atoms with Crippen molar-refractivity contribution < 1.29 is 4.79 Å². The average molecular weight is 258 g/mol. The molecule has 19 heavy (non-hydrogen) atoms. The summed E-state index contributed by atoms with van der Waals surface area (Å²) in [5, 5.41) is 3.37. The van der Waals surface area contributed by atoms with E-state index in [1.807, 2.05) is 13.1 Å². The molecule has 0 bridgehead atoms.